The summed E-state index contributed by atoms with van der Waals surface area (Å²) in [6.07, 6.45) is 5.27. The van der Waals surface area contributed by atoms with E-state index in [2.05, 4.69) is 12.1 Å². The van der Waals surface area contributed by atoms with Crippen molar-refractivity contribution in [2.75, 3.05) is 26.2 Å². The Morgan fingerprint density at radius 1 is 0.607 bits per heavy atom. The Morgan fingerprint density at radius 3 is 1.36 bits per heavy atom. The highest BCUT2D eigenvalue weighted by Crippen LogP contribution is 2.29. The van der Waals surface area contributed by atoms with Crippen molar-refractivity contribution in [2.45, 2.75) is 38.5 Å². The van der Waals surface area contributed by atoms with Crippen molar-refractivity contribution < 1.29 is 9.59 Å². The normalized spacial score (nSPS) is 16.6. The van der Waals surface area contributed by atoms with Gasteiger partial charge in [0.1, 0.15) is 0 Å². The van der Waals surface area contributed by atoms with Crippen molar-refractivity contribution in [3.8, 4) is 11.1 Å². The molecule has 0 unspecified atom stereocenters. The number of likely N-dealkylation sites (tertiary alicyclic amines) is 2. The Bertz CT molecular complexity index is 778. The van der Waals surface area contributed by atoms with E-state index in [9.17, 15) is 9.59 Å². The van der Waals surface area contributed by atoms with Crippen molar-refractivity contribution in [3.05, 3.63) is 59.7 Å². The summed E-state index contributed by atoms with van der Waals surface area (Å²) in [5, 5.41) is 0. The lowest BCUT2D eigenvalue weighted by atomic mass is 9.92. The zero-order valence-electron chi connectivity index (χ0n) is 16.4. The Balaban J connectivity index is 1.59. The van der Waals surface area contributed by atoms with Crippen molar-refractivity contribution in [3.63, 3.8) is 0 Å². The van der Waals surface area contributed by atoms with E-state index in [1.165, 1.54) is 0 Å². The highest BCUT2D eigenvalue weighted by molar-refractivity contribution is 5.85. The van der Waals surface area contributed by atoms with E-state index in [-0.39, 0.29) is 11.8 Å². The molecule has 0 aliphatic carbocycles. The molecule has 146 valence electrons. The molecule has 0 spiro atoms. The number of rotatable bonds is 5. The van der Waals surface area contributed by atoms with Crippen LogP contribution < -0.4 is 0 Å². The average Bonchev–Trinajstić information content (AvgIpc) is 3.43. The van der Waals surface area contributed by atoms with Gasteiger partial charge in [-0.25, -0.2) is 0 Å². The molecule has 2 aliphatic rings. The molecule has 2 saturated heterocycles. The Labute approximate surface area is 167 Å². The van der Waals surface area contributed by atoms with E-state index in [1.807, 2.05) is 46.2 Å². The van der Waals surface area contributed by atoms with Crippen LogP contribution >= 0.6 is 0 Å². The summed E-state index contributed by atoms with van der Waals surface area (Å²) in [6.45, 7) is 3.51. The van der Waals surface area contributed by atoms with Gasteiger partial charge in [-0.2, -0.15) is 0 Å². The van der Waals surface area contributed by atoms with E-state index >= 15 is 0 Å². The van der Waals surface area contributed by atoms with Crippen LogP contribution in [0.5, 0.6) is 0 Å². The van der Waals surface area contributed by atoms with Gasteiger partial charge in [0.25, 0.3) is 0 Å². The number of benzene rings is 2. The van der Waals surface area contributed by atoms with Crippen molar-refractivity contribution in [2.24, 2.45) is 0 Å². The van der Waals surface area contributed by atoms with Crippen LogP contribution in [-0.2, 0) is 22.4 Å². The number of carbonyl (C=O) groups excluding carboxylic acids is 2. The molecule has 2 aliphatic heterocycles. The van der Waals surface area contributed by atoms with Gasteiger partial charge in [-0.3, -0.25) is 9.59 Å². The minimum absolute atomic E-state index is 0.204. The second-order valence-electron chi connectivity index (χ2n) is 7.84. The first kappa shape index (κ1) is 18.7. The van der Waals surface area contributed by atoms with E-state index in [0.29, 0.717) is 12.8 Å². The summed E-state index contributed by atoms with van der Waals surface area (Å²) >= 11 is 0. The van der Waals surface area contributed by atoms with Gasteiger partial charge in [-0.05, 0) is 47.9 Å². The predicted molar refractivity (Wildman–Crippen MR) is 111 cm³/mol. The van der Waals surface area contributed by atoms with Crippen LogP contribution in [0.4, 0.5) is 0 Å². The minimum Gasteiger partial charge on any atom is -0.342 e. The molecule has 2 aromatic rings. The van der Waals surface area contributed by atoms with Crippen LogP contribution in [0.2, 0.25) is 0 Å². The van der Waals surface area contributed by atoms with Gasteiger partial charge in [-0.1, -0.05) is 48.5 Å². The number of hydrogen-bond donors (Lipinski definition) is 0. The number of nitrogens with zero attached hydrogens (tertiary/aromatic N) is 2. The zero-order valence-corrected chi connectivity index (χ0v) is 16.4. The summed E-state index contributed by atoms with van der Waals surface area (Å²) in [4.78, 5) is 29.3. The molecule has 2 amide bonds. The molecule has 4 rings (SSSR count). The smallest absolute Gasteiger partial charge is 0.227 e. The second kappa shape index (κ2) is 8.59. The SMILES string of the molecule is O=C(Cc1ccccc1-c1ccccc1CC(=O)N1CCCC1)N1CCCC1. The molecule has 0 saturated carbocycles. The first-order chi connectivity index (χ1) is 13.7. The van der Waals surface area contributed by atoms with Gasteiger partial charge < -0.3 is 9.80 Å². The molecule has 0 radical (unpaired) electrons. The lowest BCUT2D eigenvalue weighted by Gasteiger charge is -2.19. The maximum absolute atomic E-state index is 12.7. The van der Waals surface area contributed by atoms with Gasteiger partial charge >= 0.3 is 0 Å². The molecule has 4 heteroatoms. The first-order valence-electron chi connectivity index (χ1n) is 10.4. The third-order valence-corrected chi connectivity index (χ3v) is 5.93. The Kier molecular flexibility index (Phi) is 5.75. The zero-order chi connectivity index (χ0) is 19.3. The first-order valence-corrected chi connectivity index (χ1v) is 10.4. The molecule has 0 aromatic heterocycles. The van der Waals surface area contributed by atoms with Crippen LogP contribution in [0.15, 0.2) is 48.5 Å². The molecule has 0 atom stereocenters. The number of carbonyl (C=O) groups is 2. The number of amides is 2. The molecule has 4 nitrogen and oxygen atoms in total. The largest absolute Gasteiger partial charge is 0.342 e. The lowest BCUT2D eigenvalue weighted by Crippen LogP contribution is -2.29. The van der Waals surface area contributed by atoms with Gasteiger partial charge in [-0.15, -0.1) is 0 Å². The predicted octanol–water partition coefficient (Wildman–Crippen LogP) is 3.68. The fourth-order valence-electron chi connectivity index (χ4n) is 4.36. The van der Waals surface area contributed by atoms with Crippen LogP contribution in [0.1, 0.15) is 36.8 Å². The van der Waals surface area contributed by atoms with Crippen molar-refractivity contribution in [1.82, 2.24) is 9.80 Å². The van der Waals surface area contributed by atoms with Gasteiger partial charge in [0.15, 0.2) is 0 Å². The molecule has 0 N–H and O–H groups in total. The standard InChI is InChI=1S/C24H28N2O2/c27-23(25-13-5-6-14-25)17-19-9-1-3-11-21(19)22-12-4-2-10-20(22)18-24(28)26-15-7-8-16-26/h1-4,9-12H,5-8,13-18H2. The van der Waals surface area contributed by atoms with Crippen LogP contribution in [0.25, 0.3) is 11.1 Å². The van der Waals surface area contributed by atoms with Gasteiger partial charge in [0, 0.05) is 26.2 Å². The quantitative estimate of drug-likeness (QED) is 0.799. The highest BCUT2D eigenvalue weighted by atomic mass is 16.2. The van der Waals surface area contributed by atoms with Crippen LogP contribution in [-0.4, -0.2) is 47.8 Å². The van der Waals surface area contributed by atoms with Crippen molar-refractivity contribution in [1.29, 1.82) is 0 Å². The van der Waals surface area contributed by atoms with Crippen molar-refractivity contribution >= 4 is 11.8 Å². The topological polar surface area (TPSA) is 40.6 Å². The Hall–Kier alpha value is -2.62. The minimum atomic E-state index is 0.204. The summed E-state index contributed by atoms with van der Waals surface area (Å²) in [7, 11) is 0. The van der Waals surface area contributed by atoms with Crippen LogP contribution in [0.3, 0.4) is 0 Å². The maximum Gasteiger partial charge on any atom is 0.227 e. The fraction of sp³-hybridized carbons (Fsp3) is 0.417. The fourth-order valence-corrected chi connectivity index (χ4v) is 4.36. The number of hydrogen-bond acceptors (Lipinski definition) is 2. The lowest BCUT2D eigenvalue weighted by molar-refractivity contribution is -0.130. The summed E-state index contributed by atoms with van der Waals surface area (Å²) in [6, 6.07) is 16.3. The van der Waals surface area contributed by atoms with E-state index < -0.39 is 0 Å². The molecular weight excluding hydrogens is 348 g/mol. The molecular formula is C24H28N2O2. The van der Waals surface area contributed by atoms with Crippen LogP contribution in [0, 0.1) is 0 Å². The molecule has 2 heterocycles. The average molecular weight is 377 g/mol. The molecule has 0 bridgehead atoms. The third-order valence-electron chi connectivity index (χ3n) is 5.93. The monoisotopic (exact) mass is 376 g/mol. The Morgan fingerprint density at radius 2 is 0.964 bits per heavy atom. The van der Waals surface area contributed by atoms with Gasteiger partial charge in [0.05, 0.1) is 12.8 Å². The summed E-state index contributed by atoms with van der Waals surface area (Å²) in [5.41, 5.74) is 4.22. The molecule has 2 aromatic carbocycles. The second-order valence-corrected chi connectivity index (χ2v) is 7.84. The van der Waals surface area contributed by atoms with E-state index in [4.69, 9.17) is 0 Å². The molecule has 28 heavy (non-hydrogen) atoms. The summed E-state index contributed by atoms with van der Waals surface area (Å²) < 4.78 is 0. The third kappa shape index (κ3) is 4.11. The summed E-state index contributed by atoms with van der Waals surface area (Å²) in [5.74, 6) is 0.408. The molecule has 2 fully saturated rings. The van der Waals surface area contributed by atoms with Gasteiger partial charge in [0.2, 0.25) is 11.8 Å². The highest BCUT2D eigenvalue weighted by Gasteiger charge is 2.22. The maximum atomic E-state index is 12.7. The van der Waals surface area contributed by atoms with E-state index in [0.717, 1.165) is 74.1 Å². The van der Waals surface area contributed by atoms with E-state index in [1.54, 1.807) is 0 Å².